The second kappa shape index (κ2) is 10.1. The summed E-state index contributed by atoms with van der Waals surface area (Å²) in [6.07, 6.45) is -1.40. The quantitative estimate of drug-likeness (QED) is 0.556. The van der Waals surface area contributed by atoms with Crippen molar-refractivity contribution >= 4 is 5.96 Å². The number of piperidine rings is 1. The largest absolute Gasteiger partial charge is 0.416 e. The molecule has 1 atom stereocenters. The molecule has 1 unspecified atom stereocenters. The van der Waals surface area contributed by atoms with Gasteiger partial charge in [-0.15, -0.1) is 0 Å². The zero-order chi connectivity index (χ0) is 20.7. The van der Waals surface area contributed by atoms with E-state index in [4.69, 9.17) is 0 Å². The van der Waals surface area contributed by atoms with Crippen LogP contribution in [-0.2, 0) is 6.18 Å². The Bertz CT molecular complexity index is 635. The second-order valence-corrected chi connectivity index (χ2v) is 7.86. The van der Waals surface area contributed by atoms with E-state index in [2.05, 4.69) is 34.4 Å². The van der Waals surface area contributed by atoms with Crippen LogP contribution in [0.1, 0.15) is 57.1 Å². The molecule has 1 fully saturated rings. The monoisotopic (exact) mass is 398 g/mol. The van der Waals surface area contributed by atoms with Gasteiger partial charge < -0.3 is 15.5 Å². The molecule has 1 heterocycles. The Morgan fingerprint density at radius 3 is 2.46 bits per heavy atom. The van der Waals surface area contributed by atoms with Crippen molar-refractivity contribution in [3.8, 4) is 0 Å². The van der Waals surface area contributed by atoms with E-state index in [9.17, 15) is 13.2 Å². The van der Waals surface area contributed by atoms with E-state index in [0.717, 1.165) is 44.4 Å². The molecule has 0 aliphatic carbocycles. The minimum atomic E-state index is -4.30. The maximum Gasteiger partial charge on any atom is 0.416 e. The normalized spacial score (nSPS) is 18.4. The summed E-state index contributed by atoms with van der Waals surface area (Å²) in [7, 11) is 1.74. The maximum absolute atomic E-state index is 12.9. The van der Waals surface area contributed by atoms with Gasteiger partial charge in [0.05, 0.1) is 5.56 Å². The van der Waals surface area contributed by atoms with Gasteiger partial charge in [-0.2, -0.15) is 13.2 Å². The third kappa shape index (κ3) is 6.69. The average molecular weight is 399 g/mol. The molecule has 0 amide bonds. The summed E-state index contributed by atoms with van der Waals surface area (Å²) >= 11 is 0. The van der Waals surface area contributed by atoms with Crippen LogP contribution in [0, 0.1) is 0 Å². The molecular weight excluding hydrogens is 365 g/mol. The van der Waals surface area contributed by atoms with Gasteiger partial charge in [-0.3, -0.25) is 4.99 Å². The molecule has 1 aliphatic heterocycles. The van der Waals surface area contributed by atoms with Crippen LogP contribution in [0.2, 0.25) is 0 Å². The van der Waals surface area contributed by atoms with E-state index < -0.39 is 11.7 Å². The van der Waals surface area contributed by atoms with E-state index >= 15 is 0 Å². The fourth-order valence-corrected chi connectivity index (χ4v) is 3.54. The standard InChI is InChI=1S/C21H33F3N4/c1-15(2)28-12-9-19(10-13-28)27-20(25-4)26-11-8-16(3)17-6-5-7-18(14-17)21(22,23)24/h5-7,14-16,19H,8-13H2,1-4H3,(H2,25,26,27). The number of nitrogens with one attached hydrogen (secondary N) is 2. The molecule has 1 aromatic rings. The summed E-state index contributed by atoms with van der Waals surface area (Å²) in [6.45, 7) is 9.22. The Labute approximate surface area is 166 Å². The highest BCUT2D eigenvalue weighted by molar-refractivity contribution is 5.79. The maximum atomic E-state index is 12.9. The van der Waals surface area contributed by atoms with E-state index in [1.165, 1.54) is 12.1 Å². The first-order valence-electron chi connectivity index (χ1n) is 10.1. The molecule has 4 nitrogen and oxygen atoms in total. The molecule has 28 heavy (non-hydrogen) atoms. The molecule has 0 saturated carbocycles. The molecule has 0 aromatic heterocycles. The molecule has 1 aromatic carbocycles. The van der Waals surface area contributed by atoms with Crippen molar-refractivity contribution in [3.63, 3.8) is 0 Å². The Balaban J connectivity index is 1.78. The van der Waals surface area contributed by atoms with E-state index in [1.807, 2.05) is 6.92 Å². The van der Waals surface area contributed by atoms with Crippen LogP contribution in [-0.4, -0.2) is 49.6 Å². The molecule has 1 saturated heterocycles. The number of nitrogens with zero attached hydrogens (tertiary/aromatic N) is 2. The van der Waals surface area contributed by atoms with E-state index in [-0.39, 0.29) is 5.92 Å². The summed E-state index contributed by atoms with van der Waals surface area (Å²) in [5, 5.41) is 6.77. The average Bonchev–Trinajstić information content (AvgIpc) is 2.66. The van der Waals surface area contributed by atoms with Gasteiger partial charge in [0.15, 0.2) is 5.96 Å². The van der Waals surface area contributed by atoms with E-state index in [0.29, 0.717) is 24.2 Å². The molecule has 2 N–H and O–H groups in total. The number of benzene rings is 1. The number of hydrogen-bond acceptors (Lipinski definition) is 2. The van der Waals surface area contributed by atoms with Crippen LogP contribution >= 0.6 is 0 Å². The minimum Gasteiger partial charge on any atom is -0.356 e. The molecule has 7 heteroatoms. The molecule has 2 rings (SSSR count). The predicted octanol–water partition coefficient (Wildman–Crippen LogP) is 4.24. The third-order valence-electron chi connectivity index (χ3n) is 5.48. The van der Waals surface area contributed by atoms with Gasteiger partial charge in [0.1, 0.15) is 0 Å². The Morgan fingerprint density at radius 1 is 1.21 bits per heavy atom. The highest BCUT2D eigenvalue weighted by Gasteiger charge is 2.30. The van der Waals surface area contributed by atoms with Crippen molar-refractivity contribution in [3.05, 3.63) is 35.4 Å². The van der Waals surface area contributed by atoms with Crippen LogP contribution in [0.5, 0.6) is 0 Å². The first-order chi connectivity index (χ1) is 13.2. The summed E-state index contributed by atoms with van der Waals surface area (Å²) in [4.78, 5) is 6.76. The van der Waals surface area contributed by atoms with Crippen molar-refractivity contribution in [2.45, 2.75) is 64.2 Å². The second-order valence-electron chi connectivity index (χ2n) is 7.86. The molecule has 0 spiro atoms. The predicted molar refractivity (Wildman–Crippen MR) is 109 cm³/mol. The van der Waals surface area contributed by atoms with Gasteiger partial charge in [0.2, 0.25) is 0 Å². The van der Waals surface area contributed by atoms with Crippen molar-refractivity contribution in [2.24, 2.45) is 4.99 Å². The number of halogens is 3. The molecule has 0 bridgehead atoms. The SMILES string of the molecule is CN=C(NCCC(C)c1cccc(C(F)(F)F)c1)NC1CCN(C(C)C)CC1. The number of rotatable bonds is 6. The van der Waals surface area contributed by atoms with Gasteiger partial charge >= 0.3 is 6.18 Å². The van der Waals surface area contributed by atoms with Crippen molar-refractivity contribution in [1.82, 2.24) is 15.5 Å². The lowest BCUT2D eigenvalue weighted by molar-refractivity contribution is -0.137. The third-order valence-corrected chi connectivity index (χ3v) is 5.48. The Kier molecular flexibility index (Phi) is 8.16. The van der Waals surface area contributed by atoms with Gasteiger partial charge in [-0.25, -0.2) is 0 Å². The summed E-state index contributed by atoms with van der Waals surface area (Å²) in [5.74, 6) is 0.793. The van der Waals surface area contributed by atoms with E-state index in [1.54, 1.807) is 13.1 Å². The summed E-state index contributed by atoms with van der Waals surface area (Å²) in [6, 6.07) is 6.59. The van der Waals surface area contributed by atoms with Gasteiger partial charge in [-0.05, 0) is 50.7 Å². The van der Waals surface area contributed by atoms with Gasteiger partial charge in [-0.1, -0.05) is 25.1 Å². The van der Waals surface area contributed by atoms with Crippen LogP contribution < -0.4 is 10.6 Å². The number of guanidine groups is 1. The molecule has 0 radical (unpaired) electrons. The zero-order valence-electron chi connectivity index (χ0n) is 17.3. The van der Waals surface area contributed by atoms with Crippen LogP contribution in [0.25, 0.3) is 0 Å². The van der Waals surface area contributed by atoms with Gasteiger partial charge in [0.25, 0.3) is 0 Å². The molecule has 158 valence electrons. The number of likely N-dealkylation sites (tertiary alicyclic amines) is 1. The molecular formula is C21H33F3N4. The summed E-state index contributed by atoms with van der Waals surface area (Å²) < 4.78 is 38.7. The topological polar surface area (TPSA) is 39.7 Å². The fourth-order valence-electron chi connectivity index (χ4n) is 3.54. The number of aliphatic imine (C=N–C) groups is 1. The lowest BCUT2D eigenvalue weighted by Crippen LogP contribution is -2.50. The highest BCUT2D eigenvalue weighted by atomic mass is 19.4. The van der Waals surface area contributed by atoms with Crippen molar-refractivity contribution < 1.29 is 13.2 Å². The smallest absolute Gasteiger partial charge is 0.356 e. The first-order valence-corrected chi connectivity index (χ1v) is 10.1. The lowest BCUT2D eigenvalue weighted by Gasteiger charge is -2.35. The Morgan fingerprint density at radius 2 is 1.89 bits per heavy atom. The summed E-state index contributed by atoms with van der Waals surface area (Å²) in [5.41, 5.74) is 0.121. The number of hydrogen-bond donors (Lipinski definition) is 2. The van der Waals surface area contributed by atoms with Crippen LogP contribution in [0.15, 0.2) is 29.3 Å². The Hall–Kier alpha value is -1.76. The zero-order valence-corrected chi connectivity index (χ0v) is 17.3. The van der Waals surface area contributed by atoms with Crippen LogP contribution in [0.4, 0.5) is 13.2 Å². The molecule has 1 aliphatic rings. The highest BCUT2D eigenvalue weighted by Crippen LogP contribution is 2.31. The fraction of sp³-hybridized carbons (Fsp3) is 0.667. The van der Waals surface area contributed by atoms with Crippen molar-refractivity contribution in [2.75, 3.05) is 26.7 Å². The van der Waals surface area contributed by atoms with Gasteiger partial charge in [0, 0.05) is 38.8 Å². The minimum absolute atomic E-state index is 0.0298. The van der Waals surface area contributed by atoms with Crippen molar-refractivity contribution in [1.29, 1.82) is 0 Å². The lowest BCUT2D eigenvalue weighted by atomic mass is 9.96. The van der Waals surface area contributed by atoms with Crippen LogP contribution in [0.3, 0.4) is 0 Å². The first kappa shape index (κ1) is 22.5. The number of alkyl halides is 3.